The Hall–Kier alpha value is -3.99. The van der Waals surface area contributed by atoms with Crippen LogP contribution in [0.2, 0.25) is 5.02 Å². The maximum absolute atomic E-state index is 12.5. The van der Waals surface area contributed by atoms with E-state index >= 15 is 0 Å². The number of halogens is 1. The molecule has 0 unspecified atom stereocenters. The first-order valence-corrected chi connectivity index (χ1v) is 9.07. The fourth-order valence-electron chi connectivity index (χ4n) is 3.08. The van der Waals surface area contributed by atoms with E-state index in [1.54, 1.807) is 0 Å². The lowest BCUT2D eigenvalue weighted by Crippen LogP contribution is -2.33. The number of nitro benzene ring substituents is 1. The van der Waals surface area contributed by atoms with Crippen LogP contribution in [0.4, 0.5) is 11.4 Å². The van der Waals surface area contributed by atoms with E-state index in [0.717, 1.165) is 17.0 Å². The summed E-state index contributed by atoms with van der Waals surface area (Å²) in [5.74, 6) is -3.51. The van der Waals surface area contributed by atoms with Crippen molar-refractivity contribution in [3.8, 4) is 5.75 Å². The number of carbonyl (C=O) groups is 4. The van der Waals surface area contributed by atoms with E-state index in [1.165, 1.54) is 25.3 Å². The lowest BCUT2D eigenvalue weighted by Gasteiger charge is -2.14. The van der Waals surface area contributed by atoms with Gasteiger partial charge in [0.1, 0.15) is 16.9 Å². The second-order valence-corrected chi connectivity index (χ2v) is 6.76. The molecule has 0 saturated heterocycles. The zero-order chi connectivity index (χ0) is 22.9. The molecule has 2 N–H and O–H groups in total. The molecule has 160 valence electrons. The van der Waals surface area contributed by atoms with Crippen LogP contribution in [0.1, 0.15) is 37.5 Å². The van der Waals surface area contributed by atoms with Gasteiger partial charge < -0.3 is 15.2 Å². The molecular weight excluding hydrogens is 434 g/mol. The van der Waals surface area contributed by atoms with E-state index in [-0.39, 0.29) is 46.1 Å². The van der Waals surface area contributed by atoms with Crippen LogP contribution in [0.15, 0.2) is 30.3 Å². The number of carboxylic acids is 1. The van der Waals surface area contributed by atoms with Gasteiger partial charge in [-0.05, 0) is 12.1 Å². The number of aromatic carboxylic acids is 1. The molecule has 1 aliphatic heterocycles. The minimum atomic E-state index is -1.27. The Kier molecular flexibility index (Phi) is 5.88. The molecule has 12 heteroatoms. The van der Waals surface area contributed by atoms with Gasteiger partial charge in [0.15, 0.2) is 0 Å². The van der Waals surface area contributed by atoms with Crippen LogP contribution in [0.3, 0.4) is 0 Å². The van der Waals surface area contributed by atoms with Crippen LogP contribution in [0.25, 0.3) is 0 Å². The second-order valence-electron chi connectivity index (χ2n) is 6.35. The molecule has 0 bridgehead atoms. The SMILES string of the molecule is COc1cc(NC(=O)CCN2C(=O)c3cccc([N+](=O)[O-])c3C2=O)c(Cl)cc1C(=O)O. The summed E-state index contributed by atoms with van der Waals surface area (Å²) in [6, 6.07) is 6.07. The molecule has 31 heavy (non-hydrogen) atoms. The molecule has 0 radical (unpaired) electrons. The van der Waals surface area contributed by atoms with E-state index in [0.29, 0.717) is 0 Å². The lowest BCUT2D eigenvalue weighted by molar-refractivity contribution is -0.385. The first-order valence-electron chi connectivity index (χ1n) is 8.70. The zero-order valence-electron chi connectivity index (χ0n) is 15.9. The number of benzene rings is 2. The van der Waals surface area contributed by atoms with Crippen molar-refractivity contribution >= 4 is 46.7 Å². The Bertz CT molecular complexity index is 1150. The molecule has 1 heterocycles. The fourth-order valence-corrected chi connectivity index (χ4v) is 3.29. The van der Waals surface area contributed by atoms with E-state index in [1.807, 2.05) is 0 Å². The van der Waals surface area contributed by atoms with Crippen LogP contribution < -0.4 is 10.1 Å². The maximum atomic E-state index is 12.5. The van der Waals surface area contributed by atoms with Crippen molar-refractivity contribution in [2.45, 2.75) is 6.42 Å². The van der Waals surface area contributed by atoms with Gasteiger partial charge in [0.05, 0.1) is 28.3 Å². The van der Waals surface area contributed by atoms with E-state index in [4.69, 9.17) is 21.4 Å². The Morgan fingerprint density at radius 3 is 2.58 bits per heavy atom. The molecular formula is C19H14ClN3O8. The minimum absolute atomic E-state index is 0.0279. The highest BCUT2D eigenvalue weighted by molar-refractivity contribution is 6.34. The Morgan fingerprint density at radius 1 is 1.26 bits per heavy atom. The monoisotopic (exact) mass is 447 g/mol. The molecule has 0 aromatic heterocycles. The Balaban J connectivity index is 1.73. The van der Waals surface area contributed by atoms with Gasteiger partial charge in [0.25, 0.3) is 17.5 Å². The summed E-state index contributed by atoms with van der Waals surface area (Å²) in [6.07, 6.45) is -0.321. The molecule has 0 atom stereocenters. The number of ether oxygens (including phenoxy) is 1. The summed E-state index contributed by atoms with van der Waals surface area (Å²) in [4.78, 5) is 59.6. The van der Waals surface area contributed by atoms with Gasteiger partial charge in [-0.3, -0.25) is 29.4 Å². The molecule has 3 amide bonds. The first kappa shape index (κ1) is 21.7. The van der Waals surface area contributed by atoms with Crippen LogP contribution in [-0.2, 0) is 4.79 Å². The highest BCUT2D eigenvalue weighted by Gasteiger charge is 2.40. The van der Waals surface area contributed by atoms with E-state index in [9.17, 15) is 29.3 Å². The number of rotatable bonds is 7. The predicted octanol–water partition coefficient (Wildman–Crippen LogP) is 2.58. The van der Waals surface area contributed by atoms with Crippen molar-refractivity contribution in [3.63, 3.8) is 0 Å². The highest BCUT2D eigenvalue weighted by Crippen LogP contribution is 2.32. The Labute approximate surface area is 179 Å². The lowest BCUT2D eigenvalue weighted by atomic mass is 10.1. The number of carbonyl (C=O) groups excluding carboxylic acids is 3. The third-order valence-electron chi connectivity index (χ3n) is 4.53. The van der Waals surface area contributed by atoms with Gasteiger partial charge in [-0.15, -0.1) is 0 Å². The smallest absolute Gasteiger partial charge is 0.339 e. The number of fused-ring (bicyclic) bond motifs is 1. The number of imide groups is 1. The molecule has 2 aromatic carbocycles. The first-order chi connectivity index (χ1) is 14.6. The molecule has 0 aliphatic carbocycles. The number of anilines is 1. The number of hydrogen-bond acceptors (Lipinski definition) is 7. The van der Waals surface area contributed by atoms with Crippen molar-refractivity contribution in [1.29, 1.82) is 0 Å². The average Bonchev–Trinajstić information content (AvgIpc) is 2.97. The Morgan fingerprint density at radius 2 is 1.97 bits per heavy atom. The quantitative estimate of drug-likeness (QED) is 0.372. The average molecular weight is 448 g/mol. The van der Waals surface area contributed by atoms with E-state index in [2.05, 4.69) is 5.32 Å². The summed E-state index contributed by atoms with van der Waals surface area (Å²) in [7, 11) is 1.25. The summed E-state index contributed by atoms with van der Waals surface area (Å²) in [5, 5.41) is 22.7. The standard InChI is InChI=1S/C19H14ClN3O8/c1-31-14-8-12(11(20)7-10(14)19(27)28)21-15(24)5-6-22-17(25)9-3-2-4-13(23(29)30)16(9)18(22)26/h2-4,7-8H,5-6H2,1H3,(H,21,24)(H,27,28). The van der Waals surface area contributed by atoms with Gasteiger partial charge in [0.2, 0.25) is 5.91 Å². The van der Waals surface area contributed by atoms with Crippen LogP contribution in [-0.4, -0.2) is 52.3 Å². The third-order valence-corrected chi connectivity index (χ3v) is 4.84. The number of nitrogens with zero attached hydrogens (tertiary/aromatic N) is 2. The largest absolute Gasteiger partial charge is 0.496 e. The van der Waals surface area contributed by atoms with Gasteiger partial charge in [0, 0.05) is 25.1 Å². The number of nitrogens with one attached hydrogen (secondary N) is 1. The van der Waals surface area contributed by atoms with Crippen molar-refractivity contribution in [2.24, 2.45) is 0 Å². The second kappa shape index (κ2) is 8.40. The van der Waals surface area contributed by atoms with E-state index < -0.39 is 34.3 Å². The maximum Gasteiger partial charge on any atom is 0.339 e. The molecule has 2 aromatic rings. The predicted molar refractivity (Wildman–Crippen MR) is 107 cm³/mol. The number of methoxy groups -OCH3 is 1. The van der Waals surface area contributed by atoms with Crippen molar-refractivity contribution in [1.82, 2.24) is 4.90 Å². The molecule has 1 aliphatic rings. The topological polar surface area (TPSA) is 156 Å². The third kappa shape index (κ3) is 4.03. The van der Waals surface area contributed by atoms with Crippen molar-refractivity contribution in [2.75, 3.05) is 19.0 Å². The van der Waals surface area contributed by atoms with Gasteiger partial charge >= 0.3 is 5.97 Å². The normalized spacial score (nSPS) is 12.5. The molecule has 3 rings (SSSR count). The summed E-state index contributed by atoms with van der Waals surface area (Å²) in [5.41, 5.74) is -1.02. The zero-order valence-corrected chi connectivity index (χ0v) is 16.6. The summed E-state index contributed by atoms with van der Waals surface area (Å²) < 4.78 is 4.98. The summed E-state index contributed by atoms with van der Waals surface area (Å²) in [6.45, 7) is -0.322. The van der Waals surface area contributed by atoms with Gasteiger partial charge in [-0.2, -0.15) is 0 Å². The van der Waals surface area contributed by atoms with Crippen LogP contribution >= 0.6 is 11.6 Å². The highest BCUT2D eigenvalue weighted by atomic mass is 35.5. The number of carboxylic acid groups (broad SMARTS) is 1. The van der Waals surface area contributed by atoms with Gasteiger partial charge in [-0.25, -0.2) is 4.79 Å². The molecule has 11 nitrogen and oxygen atoms in total. The van der Waals surface area contributed by atoms with Crippen molar-refractivity contribution < 1.29 is 33.9 Å². The van der Waals surface area contributed by atoms with Gasteiger partial charge in [-0.1, -0.05) is 17.7 Å². The number of hydrogen-bond donors (Lipinski definition) is 2. The molecule has 0 spiro atoms. The summed E-state index contributed by atoms with van der Waals surface area (Å²) >= 11 is 6.01. The fraction of sp³-hybridized carbons (Fsp3) is 0.158. The molecule has 0 fully saturated rings. The van der Waals surface area contributed by atoms with Crippen LogP contribution in [0, 0.1) is 10.1 Å². The number of amides is 3. The number of nitro groups is 1. The minimum Gasteiger partial charge on any atom is -0.496 e. The molecule has 0 saturated carbocycles. The van der Waals surface area contributed by atoms with Crippen molar-refractivity contribution in [3.05, 3.63) is 62.2 Å². The van der Waals surface area contributed by atoms with Crippen LogP contribution in [0.5, 0.6) is 5.75 Å².